The molecule has 0 bridgehead atoms. The lowest BCUT2D eigenvalue weighted by molar-refractivity contribution is 0.237. The van der Waals surface area contributed by atoms with E-state index in [0.717, 1.165) is 62.4 Å². The predicted molar refractivity (Wildman–Crippen MR) is 130 cm³/mol. The molecule has 164 valence electrons. The minimum Gasteiger partial charge on any atom is -0.341 e. The molecule has 0 spiro atoms. The van der Waals surface area contributed by atoms with E-state index in [4.69, 9.17) is 12.2 Å². The SMILES string of the molecule is CCC/C=N\C(=NC)N1CCC(CCNC(=O)NC(=S)Nc2ccccc2C)CC1. The van der Waals surface area contributed by atoms with Gasteiger partial charge < -0.3 is 15.5 Å². The van der Waals surface area contributed by atoms with E-state index in [2.05, 4.69) is 37.8 Å². The van der Waals surface area contributed by atoms with Crippen LogP contribution in [0.2, 0.25) is 0 Å². The number of unbranched alkanes of at least 4 members (excludes halogenated alkanes) is 1. The zero-order chi connectivity index (χ0) is 21.8. The summed E-state index contributed by atoms with van der Waals surface area (Å²) in [6.07, 6.45) is 7.15. The molecule has 1 aliphatic heterocycles. The van der Waals surface area contributed by atoms with Crippen molar-refractivity contribution in [1.29, 1.82) is 0 Å². The third-order valence-corrected chi connectivity index (χ3v) is 5.38. The standard InChI is InChI=1S/C22H34N6OS/c1-4-5-13-24-20(23-3)28-15-11-18(12-16-28)10-14-25-21(29)27-22(30)26-19-9-7-6-8-17(19)2/h6-9,13,18H,4-5,10-12,14-16H2,1-3H3,(H3,25,26,27,29,30)/b23-20?,24-13-. The number of rotatable bonds is 6. The highest BCUT2D eigenvalue weighted by molar-refractivity contribution is 7.80. The van der Waals surface area contributed by atoms with Crippen molar-refractivity contribution in [2.24, 2.45) is 15.9 Å². The van der Waals surface area contributed by atoms with Crippen LogP contribution in [0.15, 0.2) is 34.3 Å². The summed E-state index contributed by atoms with van der Waals surface area (Å²) >= 11 is 5.22. The largest absolute Gasteiger partial charge is 0.341 e. The van der Waals surface area contributed by atoms with Crippen LogP contribution in [0, 0.1) is 12.8 Å². The van der Waals surface area contributed by atoms with Crippen molar-refractivity contribution in [3.8, 4) is 0 Å². The molecule has 1 aliphatic rings. The number of aliphatic imine (C=N–C) groups is 2. The molecule has 2 amide bonds. The first-order chi connectivity index (χ1) is 14.5. The van der Waals surface area contributed by atoms with Gasteiger partial charge in [0.15, 0.2) is 5.11 Å². The number of para-hydroxylation sites is 1. The summed E-state index contributed by atoms with van der Waals surface area (Å²) in [6, 6.07) is 7.53. The van der Waals surface area contributed by atoms with Crippen molar-refractivity contribution in [1.82, 2.24) is 15.5 Å². The molecule has 1 heterocycles. The van der Waals surface area contributed by atoms with E-state index in [9.17, 15) is 4.79 Å². The summed E-state index contributed by atoms with van der Waals surface area (Å²) in [4.78, 5) is 23.1. The molecule has 0 atom stereocenters. The first-order valence-electron chi connectivity index (χ1n) is 10.7. The van der Waals surface area contributed by atoms with Crippen LogP contribution in [-0.4, -0.2) is 54.9 Å². The quantitative estimate of drug-likeness (QED) is 0.363. The lowest BCUT2D eigenvalue weighted by atomic mass is 9.94. The monoisotopic (exact) mass is 430 g/mol. The Morgan fingerprint density at radius 3 is 2.70 bits per heavy atom. The lowest BCUT2D eigenvalue weighted by Crippen LogP contribution is -2.43. The number of anilines is 1. The van der Waals surface area contributed by atoms with Crippen LogP contribution < -0.4 is 16.0 Å². The normalized spacial score (nSPS) is 15.3. The number of aryl methyl sites for hydroxylation is 1. The number of hydrogen-bond donors (Lipinski definition) is 3. The van der Waals surface area contributed by atoms with E-state index >= 15 is 0 Å². The average molecular weight is 431 g/mol. The van der Waals surface area contributed by atoms with E-state index in [-0.39, 0.29) is 6.03 Å². The minimum absolute atomic E-state index is 0.274. The first-order valence-corrected chi connectivity index (χ1v) is 11.1. The third-order valence-electron chi connectivity index (χ3n) is 5.18. The number of carbonyl (C=O) groups excluding carboxylic acids is 1. The highest BCUT2D eigenvalue weighted by Gasteiger charge is 2.21. The van der Waals surface area contributed by atoms with Crippen LogP contribution >= 0.6 is 12.2 Å². The van der Waals surface area contributed by atoms with Gasteiger partial charge in [0.05, 0.1) is 0 Å². The number of guanidine groups is 1. The summed E-state index contributed by atoms with van der Waals surface area (Å²) in [7, 11) is 1.80. The molecule has 2 rings (SSSR count). The van der Waals surface area contributed by atoms with E-state index in [1.807, 2.05) is 37.4 Å². The molecular formula is C22H34N6OS. The Balaban J connectivity index is 1.64. The minimum atomic E-state index is -0.274. The molecule has 8 heteroatoms. The number of nitrogens with one attached hydrogen (secondary N) is 3. The van der Waals surface area contributed by atoms with Crippen LogP contribution in [0.25, 0.3) is 0 Å². The van der Waals surface area contributed by atoms with Crippen molar-refractivity contribution < 1.29 is 4.79 Å². The molecule has 0 saturated carbocycles. The van der Waals surface area contributed by atoms with Crippen molar-refractivity contribution in [2.45, 2.75) is 46.0 Å². The van der Waals surface area contributed by atoms with Crippen molar-refractivity contribution in [3.63, 3.8) is 0 Å². The van der Waals surface area contributed by atoms with Gasteiger partial charge in [-0.15, -0.1) is 0 Å². The van der Waals surface area contributed by atoms with Crippen LogP contribution in [0.1, 0.15) is 44.6 Å². The molecule has 7 nitrogen and oxygen atoms in total. The van der Waals surface area contributed by atoms with Gasteiger partial charge in [0.2, 0.25) is 5.96 Å². The fraction of sp³-hybridized carbons (Fsp3) is 0.545. The number of amides is 2. The molecule has 1 aromatic rings. The van der Waals surface area contributed by atoms with Crippen molar-refractivity contribution in [3.05, 3.63) is 29.8 Å². The Bertz CT molecular complexity index is 756. The zero-order valence-electron chi connectivity index (χ0n) is 18.3. The number of thiocarbonyl (C=S) groups is 1. The summed E-state index contributed by atoms with van der Waals surface area (Å²) in [5.41, 5.74) is 1.96. The molecule has 0 aliphatic carbocycles. The average Bonchev–Trinajstić information content (AvgIpc) is 2.73. The number of likely N-dealkylation sites (tertiary alicyclic amines) is 1. The van der Waals surface area contributed by atoms with Gasteiger partial charge in [-0.05, 0) is 62.4 Å². The first kappa shape index (κ1) is 23.8. The number of hydrogen-bond acceptors (Lipinski definition) is 3. The molecular weight excluding hydrogens is 396 g/mol. The summed E-state index contributed by atoms with van der Waals surface area (Å²) < 4.78 is 0. The topological polar surface area (TPSA) is 81.1 Å². The summed E-state index contributed by atoms with van der Waals surface area (Å²) in [5.74, 6) is 1.42. The Morgan fingerprint density at radius 1 is 1.30 bits per heavy atom. The van der Waals surface area contributed by atoms with Gasteiger partial charge in [0.1, 0.15) is 0 Å². The van der Waals surface area contributed by atoms with Gasteiger partial charge in [-0.3, -0.25) is 10.3 Å². The third kappa shape index (κ3) is 8.10. The highest BCUT2D eigenvalue weighted by Crippen LogP contribution is 2.20. The number of benzene rings is 1. The highest BCUT2D eigenvalue weighted by atomic mass is 32.1. The lowest BCUT2D eigenvalue weighted by Gasteiger charge is -2.32. The van der Waals surface area contributed by atoms with Crippen LogP contribution in [-0.2, 0) is 0 Å². The molecule has 0 aromatic heterocycles. The molecule has 0 unspecified atom stereocenters. The second-order valence-corrected chi connectivity index (χ2v) is 7.90. The predicted octanol–water partition coefficient (Wildman–Crippen LogP) is 3.95. The van der Waals surface area contributed by atoms with Crippen molar-refractivity contribution >= 4 is 41.2 Å². The number of urea groups is 1. The van der Waals surface area contributed by atoms with Crippen LogP contribution in [0.3, 0.4) is 0 Å². The second kappa shape index (κ2) is 13.0. The molecule has 1 fully saturated rings. The maximum Gasteiger partial charge on any atom is 0.321 e. The maximum absolute atomic E-state index is 12.1. The van der Waals surface area contributed by atoms with Gasteiger partial charge in [-0.2, -0.15) is 0 Å². The maximum atomic E-state index is 12.1. The molecule has 0 radical (unpaired) electrons. The smallest absolute Gasteiger partial charge is 0.321 e. The summed E-state index contributed by atoms with van der Waals surface area (Å²) in [6.45, 7) is 6.67. The zero-order valence-corrected chi connectivity index (χ0v) is 19.1. The molecule has 1 aromatic carbocycles. The van der Waals surface area contributed by atoms with Gasteiger partial charge in [-0.1, -0.05) is 31.5 Å². The Hall–Kier alpha value is -2.48. The fourth-order valence-corrected chi connectivity index (χ4v) is 3.58. The fourth-order valence-electron chi connectivity index (χ4n) is 3.38. The van der Waals surface area contributed by atoms with E-state index in [1.165, 1.54) is 0 Å². The second-order valence-electron chi connectivity index (χ2n) is 7.49. The van der Waals surface area contributed by atoms with Gasteiger partial charge >= 0.3 is 6.03 Å². The van der Waals surface area contributed by atoms with E-state index in [1.54, 1.807) is 7.05 Å². The Labute approximate surface area is 185 Å². The Kier molecular flexibility index (Phi) is 10.3. The van der Waals surface area contributed by atoms with Gasteiger partial charge in [0.25, 0.3) is 0 Å². The van der Waals surface area contributed by atoms with E-state index < -0.39 is 0 Å². The number of piperidine rings is 1. The van der Waals surface area contributed by atoms with Crippen molar-refractivity contribution in [2.75, 3.05) is 32.0 Å². The Morgan fingerprint density at radius 2 is 2.03 bits per heavy atom. The van der Waals surface area contributed by atoms with Crippen LogP contribution in [0.5, 0.6) is 0 Å². The number of carbonyl (C=O) groups is 1. The van der Waals surface area contributed by atoms with Gasteiger partial charge in [-0.25, -0.2) is 9.79 Å². The number of nitrogens with zero attached hydrogens (tertiary/aromatic N) is 3. The molecule has 3 N–H and O–H groups in total. The summed E-state index contributed by atoms with van der Waals surface area (Å²) in [5, 5.41) is 8.93. The molecule has 1 saturated heterocycles. The van der Waals surface area contributed by atoms with Crippen LogP contribution in [0.4, 0.5) is 10.5 Å². The molecule has 30 heavy (non-hydrogen) atoms. The van der Waals surface area contributed by atoms with E-state index in [0.29, 0.717) is 17.6 Å². The van der Waals surface area contributed by atoms with Gasteiger partial charge in [0, 0.05) is 38.6 Å².